The number of esters is 1. The van der Waals surface area contributed by atoms with Crippen LogP contribution in [0.15, 0.2) is 18.2 Å². The number of hydrogen-bond donors (Lipinski definition) is 0. The molecule has 15 heavy (non-hydrogen) atoms. The van der Waals surface area contributed by atoms with Crippen LogP contribution in [-0.4, -0.2) is 18.5 Å². The predicted molar refractivity (Wildman–Crippen MR) is 56.5 cm³/mol. The first kappa shape index (κ1) is 12.0. The number of carbonyl (C=O) groups excluding carboxylic acids is 1. The fourth-order valence-electron chi connectivity index (χ4n) is 1.32. The highest BCUT2D eigenvalue weighted by Gasteiger charge is 2.19. The molecule has 1 aromatic rings. The monoisotopic (exact) mass is 230 g/mol. The number of hydrogen-bond acceptors (Lipinski definition) is 2. The van der Waals surface area contributed by atoms with E-state index in [1.54, 1.807) is 19.1 Å². The van der Waals surface area contributed by atoms with Gasteiger partial charge in [-0.05, 0) is 24.1 Å². The lowest BCUT2D eigenvalue weighted by molar-refractivity contribution is -0.140. The number of methoxy groups -OCH3 is 1. The summed E-state index contributed by atoms with van der Waals surface area (Å²) in [5.41, 5.74) is 1.24. The van der Waals surface area contributed by atoms with Crippen molar-refractivity contribution in [2.24, 2.45) is 0 Å². The van der Waals surface area contributed by atoms with Gasteiger partial charge >= 0.3 is 5.97 Å². The van der Waals surface area contributed by atoms with Gasteiger partial charge in [-0.1, -0.05) is 12.1 Å². The molecular weight excluding hydrogens is 219 g/mol. The summed E-state index contributed by atoms with van der Waals surface area (Å²) in [6, 6.07) is 4.75. The summed E-state index contributed by atoms with van der Waals surface area (Å²) < 4.78 is 17.8. The van der Waals surface area contributed by atoms with Crippen LogP contribution in [0.1, 0.15) is 11.1 Å². The normalized spacial score (nSPS) is 12.3. The molecule has 1 atom stereocenters. The van der Waals surface area contributed by atoms with Gasteiger partial charge in [0.15, 0.2) is 0 Å². The molecule has 0 amide bonds. The molecule has 2 nitrogen and oxygen atoms in total. The quantitative estimate of drug-likeness (QED) is 0.589. The average molecular weight is 231 g/mol. The Kier molecular flexibility index (Phi) is 4.09. The fourth-order valence-corrected chi connectivity index (χ4v) is 1.56. The van der Waals surface area contributed by atoms with Crippen molar-refractivity contribution in [2.75, 3.05) is 7.11 Å². The highest BCUT2D eigenvalue weighted by Crippen LogP contribution is 2.17. The molecule has 82 valence electrons. The minimum atomic E-state index is -0.842. The zero-order valence-electron chi connectivity index (χ0n) is 8.59. The smallest absolute Gasteiger partial charge is 0.324 e. The minimum absolute atomic E-state index is 0.146. The Labute approximate surface area is 93.0 Å². The first-order valence-corrected chi connectivity index (χ1v) is 4.95. The fraction of sp³-hybridized carbons (Fsp3) is 0.364. The SMILES string of the molecule is COC(=O)C(Cl)Cc1c(C)cccc1F. The zero-order valence-corrected chi connectivity index (χ0v) is 9.34. The maximum Gasteiger partial charge on any atom is 0.324 e. The Balaban J connectivity index is 2.85. The molecule has 0 N–H and O–H groups in total. The summed E-state index contributed by atoms with van der Waals surface area (Å²) in [7, 11) is 1.26. The molecule has 1 unspecified atom stereocenters. The topological polar surface area (TPSA) is 26.3 Å². The molecular formula is C11H12ClFO2. The first-order valence-electron chi connectivity index (χ1n) is 4.52. The number of ether oxygens (including phenoxy) is 1. The van der Waals surface area contributed by atoms with Crippen molar-refractivity contribution in [3.63, 3.8) is 0 Å². The molecule has 4 heteroatoms. The molecule has 0 spiro atoms. The molecule has 0 fully saturated rings. The maximum absolute atomic E-state index is 13.4. The Morgan fingerprint density at radius 2 is 2.27 bits per heavy atom. The van der Waals surface area contributed by atoms with E-state index >= 15 is 0 Å². The van der Waals surface area contributed by atoms with E-state index in [-0.39, 0.29) is 12.2 Å². The van der Waals surface area contributed by atoms with E-state index < -0.39 is 11.3 Å². The van der Waals surface area contributed by atoms with Crippen molar-refractivity contribution in [3.8, 4) is 0 Å². The van der Waals surface area contributed by atoms with E-state index in [2.05, 4.69) is 4.74 Å². The van der Waals surface area contributed by atoms with Gasteiger partial charge in [-0.3, -0.25) is 4.79 Å². The molecule has 0 aliphatic rings. The molecule has 0 bridgehead atoms. The Morgan fingerprint density at radius 3 is 2.80 bits per heavy atom. The van der Waals surface area contributed by atoms with E-state index in [0.29, 0.717) is 5.56 Å². The molecule has 1 rings (SSSR count). The van der Waals surface area contributed by atoms with Gasteiger partial charge in [0.2, 0.25) is 0 Å². The van der Waals surface area contributed by atoms with Crippen LogP contribution in [-0.2, 0) is 16.0 Å². The van der Waals surface area contributed by atoms with E-state index in [4.69, 9.17) is 11.6 Å². The first-order chi connectivity index (χ1) is 7.06. The van der Waals surface area contributed by atoms with Crippen molar-refractivity contribution in [2.45, 2.75) is 18.7 Å². The Bertz CT molecular complexity index is 345. The van der Waals surface area contributed by atoms with Crippen LogP contribution in [0.3, 0.4) is 0 Å². The summed E-state index contributed by atoms with van der Waals surface area (Å²) >= 11 is 5.77. The maximum atomic E-state index is 13.4. The minimum Gasteiger partial charge on any atom is -0.468 e. The summed E-state index contributed by atoms with van der Waals surface area (Å²) in [4.78, 5) is 11.1. The summed E-state index contributed by atoms with van der Waals surface area (Å²) in [5, 5.41) is -0.842. The highest BCUT2D eigenvalue weighted by molar-refractivity contribution is 6.30. The van der Waals surface area contributed by atoms with Crippen LogP contribution in [0.5, 0.6) is 0 Å². The molecule has 0 aliphatic heterocycles. The molecule has 0 radical (unpaired) electrons. The largest absolute Gasteiger partial charge is 0.468 e. The van der Waals surface area contributed by atoms with Crippen LogP contribution in [0.4, 0.5) is 4.39 Å². The number of rotatable bonds is 3. The number of alkyl halides is 1. The second-order valence-corrected chi connectivity index (χ2v) is 3.76. The standard InChI is InChI=1S/C11H12ClFO2/c1-7-4-3-5-10(13)8(7)6-9(12)11(14)15-2/h3-5,9H,6H2,1-2H3. The Morgan fingerprint density at radius 1 is 1.60 bits per heavy atom. The number of aryl methyl sites for hydroxylation is 1. The molecule has 0 aliphatic carbocycles. The third-order valence-corrected chi connectivity index (χ3v) is 2.53. The van der Waals surface area contributed by atoms with E-state index in [9.17, 15) is 9.18 Å². The van der Waals surface area contributed by atoms with Crippen molar-refractivity contribution in [1.29, 1.82) is 0 Å². The molecule has 0 saturated carbocycles. The van der Waals surface area contributed by atoms with Gasteiger partial charge in [0.25, 0.3) is 0 Å². The van der Waals surface area contributed by atoms with Crippen LogP contribution in [0, 0.1) is 12.7 Å². The molecule has 0 saturated heterocycles. The number of benzene rings is 1. The van der Waals surface area contributed by atoms with E-state index in [0.717, 1.165) is 5.56 Å². The summed E-state index contributed by atoms with van der Waals surface area (Å²) in [5.74, 6) is -0.885. The summed E-state index contributed by atoms with van der Waals surface area (Å²) in [6.07, 6.45) is 0.146. The third kappa shape index (κ3) is 2.93. The van der Waals surface area contributed by atoms with E-state index in [1.807, 2.05) is 0 Å². The summed E-state index contributed by atoms with van der Waals surface area (Å²) in [6.45, 7) is 1.78. The van der Waals surface area contributed by atoms with Gasteiger partial charge in [0, 0.05) is 6.42 Å². The molecule has 1 aromatic carbocycles. The van der Waals surface area contributed by atoms with Gasteiger partial charge < -0.3 is 4.74 Å². The van der Waals surface area contributed by atoms with E-state index in [1.165, 1.54) is 13.2 Å². The number of carbonyl (C=O) groups is 1. The van der Waals surface area contributed by atoms with Gasteiger partial charge in [0.1, 0.15) is 11.2 Å². The van der Waals surface area contributed by atoms with Gasteiger partial charge in [-0.15, -0.1) is 11.6 Å². The lowest BCUT2D eigenvalue weighted by Gasteiger charge is -2.10. The Hall–Kier alpha value is -1.09. The van der Waals surface area contributed by atoms with Gasteiger partial charge in [-0.2, -0.15) is 0 Å². The van der Waals surface area contributed by atoms with Crippen molar-refractivity contribution in [3.05, 3.63) is 35.1 Å². The van der Waals surface area contributed by atoms with Gasteiger partial charge in [0.05, 0.1) is 7.11 Å². The lowest BCUT2D eigenvalue weighted by Crippen LogP contribution is -2.19. The number of halogens is 2. The molecule has 0 heterocycles. The zero-order chi connectivity index (χ0) is 11.4. The average Bonchev–Trinajstić information content (AvgIpc) is 2.22. The second-order valence-electron chi connectivity index (χ2n) is 3.23. The lowest BCUT2D eigenvalue weighted by atomic mass is 10.0. The molecule has 0 aromatic heterocycles. The van der Waals surface area contributed by atoms with Crippen LogP contribution >= 0.6 is 11.6 Å². The van der Waals surface area contributed by atoms with Crippen molar-refractivity contribution in [1.82, 2.24) is 0 Å². The van der Waals surface area contributed by atoms with Crippen molar-refractivity contribution >= 4 is 17.6 Å². The van der Waals surface area contributed by atoms with Crippen LogP contribution in [0.2, 0.25) is 0 Å². The second kappa shape index (κ2) is 5.12. The van der Waals surface area contributed by atoms with Crippen molar-refractivity contribution < 1.29 is 13.9 Å². The van der Waals surface area contributed by atoms with Gasteiger partial charge in [-0.25, -0.2) is 4.39 Å². The van der Waals surface area contributed by atoms with Crippen LogP contribution in [0.25, 0.3) is 0 Å². The predicted octanol–water partition coefficient (Wildman–Crippen LogP) is 2.46. The highest BCUT2D eigenvalue weighted by atomic mass is 35.5. The van der Waals surface area contributed by atoms with Crippen LogP contribution < -0.4 is 0 Å². The third-order valence-electron chi connectivity index (χ3n) is 2.19.